The molecule has 0 amide bonds. The van der Waals surface area contributed by atoms with Crippen molar-refractivity contribution in [2.45, 2.75) is 5.41 Å². The highest BCUT2D eigenvalue weighted by atomic mass is 16.4. The minimum atomic E-state index is -0.447. The molecule has 0 bridgehead atoms. The Kier molecular flexibility index (Phi) is 8.02. The van der Waals surface area contributed by atoms with Gasteiger partial charge in [0.2, 0.25) is 0 Å². The number of rotatable bonds is 5. The van der Waals surface area contributed by atoms with Crippen molar-refractivity contribution in [3.63, 3.8) is 0 Å². The van der Waals surface area contributed by atoms with E-state index in [2.05, 4.69) is 224 Å². The smallest absolute Gasteiger partial charge is 0.178 e. The van der Waals surface area contributed by atoms with Gasteiger partial charge in [-0.15, -0.1) is 0 Å². The summed E-state index contributed by atoms with van der Waals surface area (Å²) in [5.74, 6) is 0. The Morgan fingerprint density at radius 3 is 1.35 bits per heavy atom. The molecule has 15 rings (SSSR count). The van der Waals surface area contributed by atoms with Gasteiger partial charge in [-0.3, -0.25) is 0 Å². The van der Waals surface area contributed by atoms with E-state index in [9.17, 15) is 0 Å². The summed E-state index contributed by atoms with van der Waals surface area (Å²) in [5.41, 5.74) is 17.8. The van der Waals surface area contributed by atoms with Crippen molar-refractivity contribution in [2.24, 2.45) is 0 Å². The first-order chi connectivity index (χ1) is 34.2. The highest BCUT2D eigenvalue weighted by Gasteiger charge is 2.46. The summed E-state index contributed by atoms with van der Waals surface area (Å²) in [4.78, 5) is 0. The van der Waals surface area contributed by atoms with Crippen LogP contribution in [0.3, 0.4) is 0 Å². The zero-order valence-corrected chi connectivity index (χ0v) is 37.4. The van der Waals surface area contributed by atoms with Gasteiger partial charge in [0.05, 0.1) is 5.41 Å². The number of para-hydroxylation sites is 1. The minimum absolute atomic E-state index is 0.447. The largest absolute Gasteiger partial charge is 0.452 e. The number of fused-ring (bicyclic) bond motifs is 16. The fourth-order valence-corrected chi connectivity index (χ4v) is 12.1. The minimum Gasteiger partial charge on any atom is -0.452 e. The van der Waals surface area contributed by atoms with Crippen molar-refractivity contribution in [2.75, 3.05) is 0 Å². The maximum atomic E-state index is 6.45. The van der Waals surface area contributed by atoms with Gasteiger partial charge < -0.3 is 8.83 Å². The average molecular weight is 877 g/mol. The lowest BCUT2D eigenvalue weighted by Crippen LogP contribution is -2.28. The van der Waals surface area contributed by atoms with Crippen LogP contribution in [0.25, 0.3) is 121 Å². The molecule has 1 aliphatic rings. The zero-order chi connectivity index (χ0) is 45.2. The summed E-state index contributed by atoms with van der Waals surface area (Å²) >= 11 is 0. The molecule has 2 nitrogen and oxygen atoms in total. The highest BCUT2D eigenvalue weighted by Crippen LogP contribution is 2.58. The Morgan fingerprint density at radius 2 is 0.681 bits per heavy atom. The maximum Gasteiger partial charge on any atom is 0.178 e. The second-order valence-corrected chi connectivity index (χ2v) is 18.6. The molecule has 0 saturated carbocycles. The van der Waals surface area contributed by atoms with E-state index in [4.69, 9.17) is 8.83 Å². The predicted molar refractivity (Wildman–Crippen MR) is 287 cm³/mol. The molecular weight excluding hydrogens is 837 g/mol. The molecule has 320 valence electrons. The second-order valence-electron chi connectivity index (χ2n) is 18.6. The van der Waals surface area contributed by atoms with Crippen LogP contribution in [0, 0.1) is 0 Å². The molecule has 0 fully saturated rings. The van der Waals surface area contributed by atoms with Crippen molar-refractivity contribution in [1.29, 1.82) is 0 Å². The summed E-state index contributed by atoms with van der Waals surface area (Å²) < 4.78 is 12.8. The third kappa shape index (κ3) is 5.43. The third-order valence-electron chi connectivity index (χ3n) is 15.2. The van der Waals surface area contributed by atoms with Crippen LogP contribution in [0.15, 0.2) is 251 Å². The summed E-state index contributed by atoms with van der Waals surface area (Å²) in [6.45, 7) is 0. The molecule has 2 heteroatoms. The molecule has 0 unspecified atom stereocenters. The topological polar surface area (TPSA) is 26.3 Å². The zero-order valence-electron chi connectivity index (χ0n) is 37.4. The van der Waals surface area contributed by atoms with E-state index in [1.54, 1.807) is 0 Å². The summed E-state index contributed by atoms with van der Waals surface area (Å²) in [6.07, 6.45) is 0. The number of benzene rings is 12. The van der Waals surface area contributed by atoms with Crippen LogP contribution in [-0.2, 0) is 5.41 Å². The average Bonchev–Trinajstić information content (AvgIpc) is 4.10. The first-order valence-electron chi connectivity index (χ1n) is 23.8. The fourth-order valence-electron chi connectivity index (χ4n) is 12.1. The van der Waals surface area contributed by atoms with Crippen LogP contribution in [0.1, 0.15) is 22.3 Å². The van der Waals surface area contributed by atoms with Crippen LogP contribution in [0.2, 0.25) is 0 Å². The van der Waals surface area contributed by atoms with E-state index in [0.29, 0.717) is 0 Å². The summed E-state index contributed by atoms with van der Waals surface area (Å²) in [5, 5.41) is 11.9. The molecule has 69 heavy (non-hydrogen) atoms. The van der Waals surface area contributed by atoms with Crippen LogP contribution in [0.5, 0.6) is 0 Å². The van der Waals surface area contributed by atoms with Gasteiger partial charge in [0.1, 0.15) is 11.2 Å². The van der Waals surface area contributed by atoms with E-state index >= 15 is 0 Å². The monoisotopic (exact) mass is 876 g/mol. The van der Waals surface area contributed by atoms with Crippen LogP contribution < -0.4 is 0 Å². The molecule has 2 heterocycles. The SMILES string of the molecule is c1ccc(C2(c3ccccc3)c3ccccc3-c3c(-c4ccc5c6ccc(-c7ccc(-c8ccc9oc%10c(ccc%11c%12ccccc%12oc%11%10)c9c8)cc7)cc6c6ccccc6c5c4)cccc32)cc1. The van der Waals surface area contributed by atoms with E-state index in [1.165, 1.54) is 88.0 Å². The van der Waals surface area contributed by atoms with Gasteiger partial charge >= 0.3 is 0 Å². The maximum absolute atomic E-state index is 6.45. The molecule has 0 radical (unpaired) electrons. The lowest BCUT2D eigenvalue weighted by Gasteiger charge is -2.34. The molecule has 2 aromatic heterocycles. The Balaban J connectivity index is 0.826. The third-order valence-corrected chi connectivity index (χ3v) is 15.2. The molecule has 0 aliphatic heterocycles. The van der Waals surface area contributed by atoms with Crippen molar-refractivity contribution in [3.8, 4) is 44.5 Å². The Hall–Kier alpha value is -8.98. The van der Waals surface area contributed by atoms with E-state index < -0.39 is 5.41 Å². The molecule has 14 aromatic rings. The number of hydrogen-bond donors (Lipinski definition) is 0. The summed E-state index contributed by atoms with van der Waals surface area (Å²) in [7, 11) is 0. The lowest BCUT2D eigenvalue weighted by atomic mass is 9.67. The van der Waals surface area contributed by atoms with Crippen molar-refractivity contribution in [1.82, 2.24) is 0 Å². The molecule has 1 aliphatic carbocycles. The second kappa shape index (κ2) is 14.5. The van der Waals surface area contributed by atoms with Gasteiger partial charge in [-0.2, -0.15) is 0 Å². The van der Waals surface area contributed by atoms with Gasteiger partial charge in [0, 0.05) is 21.5 Å². The van der Waals surface area contributed by atoms with Crippen LogP contribution in [0.4, 0.5) is 0 Å². The lowest BCUT2D eigenvalue weighted by molar-refractivity contribution is 0.633. The van der Waals surface area contributed by atoms with E-state index in [-0.39, 0.29) is 0 Å². The number of hydrogen-bond acceptors (Lipinski definition) is 2. The first kappa shape index (κ1) is 38.2. The molecule has 0 saturated heterocycles. The normalized spacial score (nSPS) is 13.0. The molecule has 12 aromatic carbocycles. The standard InChI is InChI=1S/C67H40O2/c1-3-14-46(15-4-1)67(47-16-5-2-6-17-47)60-23-11-9-21-56(60)64-48(22-13-24-61(64)67)45-31-34-52-51-33-30-43(38-57(51)49-18-7-8-19-50(49)58(52)40-45)41-26-28-42(29-27-41)44-32-37-63-59(39-44)55-36-35-54-53-20-10-12-25-62(53)68-65(54)66(55)69-63/h1-40H. The van der Waals surface area contributed by atoms with Gasteiger partial charge in [-0.1, -0.05) is 200 Å². The molecule has 0 spiro atoms. The van der Waals surface area contributed by atoms with Crippen molar-refractivity contribution in [3.05, 3.63) is 265 Å². The van der Waals surface area contributed by atoms with Gasteiger partial charge in [-0.05, 0) is 142 Å². The van der Waals surface area contributed by atoms with Crippen molar-refractivity contribution < 1.29 is 8.83 Å². The number of furan rings is 2. The molecule has 0 N–H and O–H groups in total. The van der Waals surface area contributed by atoms with E-state index in [0.717, 1.165) is 55.0 Å². The predicted octanol–water partition coefficient (Wildman–Crippen LogP) is 18.3. The van der Waals surface area contributed by atoms with Gasteiger partial charge in [-0.25, -0.2) is 0 Å². The van der Waals surface area contributed by atoms with E-state index in [1.807, 2.05) is 18.2 Å². The first-order valence-corrected chi connectivity index (χ1v) is 23.8. The quantitative estimate of drug-likeness (QED) is 0.161. The Labute approximate surface area is 397 Å². The van der Waals surface area contributed by atoms with Crippen LogP contribution in [-0.4, -0.2) is 0 Å². The van der Waals surface area contributed by atoms with Crippen molar-refractivity contribution >= 4 is 76.2 Å². The van der Waals surface area contributed by atoms with Gasteiger partial charge in [0.15, 0.2) is 11.2 Å². The highest BCUT2D eigenvalue weighted by molar-refractivity contribution is 6.26. The molecular formula is C67H40O2. The Morgan fingerprint density at radius 1 is 0.246 bits per heavy atom. The fraction of sp³-hybridized carbons (Fsp3) is 0.0149. The Bertz CT molecular complexity index is 4340. The molecule has 0 atom stereocenters. The van der Waals surface area contributed by atoms with Crippen LogP contribution >= 0.6 is 0 Å². The summed E-state index contributed by atoms with van der Waals surface area (Å²) in [6, 6.07) is 89.1. The van der Waals surface area contributed by atoms with Gasteiger partial charge in [0.25, 0.3) is 0 Å².